The number of hydrogen-bond donors (Lipinski definition) is 1. The molecule has 0 radical (unpaired) electrons. The summed E-state index contributed by atoms with van der Waals surface area (Å²) < 4.78 is 1.14. The van der Waals surface area contributed by atoms with Gasteiger partial charge in [-0.15, -0.1) is 0 Å². The highest BCUT2D eigenvalue weighted by Crippen LogP contribution is 2.27. The van der Waals surface area contributed by atoms with Gasteiger partial charge in [0.15, 0.2) is 0 Å². The van der Waals surface area contributed by atoms with E-state index in [1.165, 1.54) is 30.5 Å². The quantitative estimate of drug-likeness (QED) is 0.683. The summed E-state index contributed by atoms with van der Waals surface area (Å²) in [5.41, 5.74) is 2.95. The molecule has 2 rings (SSSR count). The predicted molar refractivity (Wildman–Crippen MR) is 49.7 cm³/mol. The van der Waals surface area contributed by atoms with Gasteiger partial charge in [0.25, 0.3) is 0 Å². The lowest BCUT2D eigenvalue weighted by molar-refractivity contribution is 0.498. The largest absolute Gasteiger partial charge is 0.353 e. The van der Waals surface area contributed by atoms with Gasteiger partial charge in [-0.25, -0.2) is 0 Å². The van der Waals surface area contributed by atoms with Crippen molar-refractivity contribution in [1.29, 1.82) is 0 Å². The molecule has 1 aromatic heterocycles. The Morgan fingerprint density at radius 2 is 2.45 bits per heavy atom. The fraction of sp³-hybridized carbons (Fsp3) is 0.556. The molecule has 2 heteroatoms. The van der Waals surface area contributed by atoms with Crippen LogP contribution < -0.4 is 0 Å². The summed E-state index contributed by atoms with van der Waals surface area (Å²) in [6, 6.07) is 2.21. The molecule has 11 heavy (non-hydrogen) atoms. The molecule has 1 aliphatic rings. The lowest BCUT2D eigenvalue weighted by atomic mass is 9.89. The second-order valence-corrected chi connectivity index (χ2v) is 4.32. The van der Waals surface area contributed by atoms with E-state index >= 15 is 0 Å². The minimum absolute atomic E-state index is 0.866. The third-order valence-corrected chi connectivity index (χ3v) is 2.84. The van der Waals surface area contributed by atoms with Crippen LogP contribution >= 0.6 is 15.9 Å². The average molecular weight is 214 g/mol. The molecular weight excluding hydrogens is 202 g/mol. The van der Waals surface area contributed by atoms with Crippen LogP contribution in [-0.2, 0) is 12.8 Å². The maximum atomic E-state index is 3.46. The molecule has 0 bridgehead atoms. The highest BCUT2D eigenvalue weighted by atomic mass is 79.9. The van der Waals surface area contributed by atoms with Crippen LogP contribution in [0, 0.1) is 5.92 Å². The number of H-pyrrole nitrogens is 1. The van der Waals surface area contributed by atoms with Gasteiger partial charge < -0.3 is 4.98 Å². The van der Waals surface area contributed by atoms with Gasteiger partial charge in [-0.05, 0) is 52.7 Å². The van der Waals surface area contributed by atoms with Crippen molar-refractivity contribution < 1.29 is 0 Å². The Bertz CT molecular complexity index is 265. The van der Waals surface area contributed by atoms with Crippen LogP contribution in [0.15, 0.2) is 10.7 Å². The van der Waals surface area contributed by atoms with Crippen molar-refractivity contribution in [2.24, 2.45) is 5.92 Å². The van der Waals surface area contributed by atoms with E-state index in [-0.39, 0.29) is 0 Å². The summed E-state index contributed by atoms with van der Waals surface area (Å²) in [6.07, 6.45) is 3.81. The first-order chi connectivity index (χ1) is 5.25. The van der Waals surface area contributed by atoms with Crippen molar-refractivity contribution in [1.82, 2.24) is 4.98 Å². The Labute approximate surface area is 75.3 Å². The molecule has 0 aliphatic heterocycles. The van der Waals surface area contributed by atoms with Crippen molar-refractivity contribution in [3.05, 3.63) is 21.9 Å². The van der Waals surface area contributed by atoms with Crippen LogP contribution in [0.25, 0.3) is 0 Å². The van der Waals surface area contributed by atoms with Crippen LogP contribution in [0.3, 0.4) is 0 Å². The van der Waals surface area contributed by atoms with Gasteiger partial charge in [0.1, 0.15) is 0 Å². The van der Waals surface area contributed by atoms with Crippen LogP contribution in [0.5, 0.6) is 0 Å². The molecule has 1 atom stereocenters. The number of rotatable bonds is 0. The van der Waals surface area contributed by atoms with Crippen LogP contribution in [0.2, 0.25) is 0 Å². The Kier molecular flexibility index (Phi) is 1.80. The van der Waals surface area contributed by atoms with E-state index in [0.717, 1.165) is 10.5 Å². The topological polar surface area (TPSA) is 15.8 Å². The molecule has 0 spiro atoms. The van der Waals surface area contributed by atoms with Crippen LogP contribution in [0.1, 0.15) is 24.6 Å². The highest BCUT2D eigenvalue weighted by Gasteiger charge is 2.16. The molecular formula is C9H12BrN. The molecule has 0 aromatic carbocycles. The van der Waals surface area contributed by atoms with E-state index in [1.807, 2.05) is 0 Å². The van der Waals surface area contributed by atoms with E-state index in [0.29, 0.717) is 0 Å². The molecule has 0 saturated carbocycles. The number of aromatic nitrogens is 1. The number of aromatic amines is 1. The predicted octanol–water partition coefficient (Wildman–Crippen LogP) is 2.90. The first-order valence-corrected chi connectivity index (χ1v) is 4.91. The average Bonchev–Trinajstić information content (AvgIpc) is 2.27. The fourth-order valence-corrected chi connectivity index (χ4v) is 2.29. The highest BCUT2D eigenvalue weighted by molar-refractivity contribution is 9.10. The lowest BCUT2D eigenvalue weighted by Gasteiger charge is -2.17. The summed E-state index contributed by atoms with van der Waals surface area (Å²) in [5.74, 6) is 0.866. The van der Waals surface area contributed by atoms with Crippen LogP contribution in [0.4, 0.5) is 0 Å². The van der Waals surface area contributed by atoms with Gasteiger partial charge in [-0.1, -0.05) is 6.92 Å². The molecule has 0 amide bonds. The minimum atomic E-state index is 0.866. The number of halogens is 1. The second kappa shape index (κ2) is 2.67. The lowest BCUT2D eigenvalue weighted by Crippen LogP contribution is -2.09. The van der Waals surface area contributed by atoms with Crippen molar-refractivity contribution >= 4 is 15.9 Å². The van der Waals surface area contributed by atoms with Gasteiger partial charge in [0.2, 0.25) is 0 Å². The first kappa shape index (κ1) is 7.41. The molecule has 1 heterocycles. The maximum absolute atomic E-state index is 3.46. The minimum Gasteiger partial charge on any atom is -0.353 e. The fourth-order valence-electron chi connectivity index (χ4n) is 1.77. The van der Waals surface area contributed by atoms with Crippen molar-refractivity contribution in [3.63, 3.8) is 0 Å². The molecule has 60 valence electrons. The van der Waals surface area contributed by atoms with Crippen molar-refractivity contribution in [3.8, 4) is 0 Å². The third kappa shape index (κ3) is 1.36. The van der Waals surface area contributed by atoms with Gasteiger partial charge in [0, 0.05) is 5.69 Å². The zero-order valence-electron chi connectivity index (χ0n) is 6.65. The molecule has 0 saturated heterocycles. The molecule has 1 unspecified atom stereocenters. The summed E-state index contributed by atoms with van der Waals surface area (Å²) in [5, 5.41) is 0. The number of nitrogens with one attached hydrogen (secondary N) is 1. The van der Waals surface area contributed by atoms with E-state index in [2.05, 4.69) is 33.9 Å². The Morgan fingerprint density at radius 1 is 1.64 bits per heavy atom. The van der Waals surface area contributed by atoms with E-state index < -0.39 is 0 Å². The van der Waals surface area contributed by atoms with Gasteiger partial charge in [-0.2, -0.15) is 0 Å². The number of aryl methyl sites for hydroxylation is 1. The molecule has 0 fully saturated rings. The van der Waals surface area contributed by atoms with Gasteiger partial charge in [0.05, 0.1) is 4.60 Å². The molecule has 1 nitrogen and oxygen atoms in total. The van der Waals surface area contributed by atoms with E-state index in [9.17, 15) is 0 Å². The monoisotopic (exact) mass is 213 g/mol. The SMILES string of the molecule is CC1CCc2[nH]c(Br)cc2C1. The molecule has 1 aliphatic carbocycles. The molecule has 1 N–H and O–H groups in total. The maximum Gasteiger partial charge on any atom is 0.0825 e. The van der Waals surface area contributed by atoms with Crippen molar-refractivity contribution in [2.45, 2.75) is 26.2 Å². The van der Waals surface area contributed by atoms with E-state index in [1.54, 1.807) is 0 Å². The Balaban J connectivity index is 2.34. The normalized spacial score (nSPS) is 23.3. The molecule has 1 aromatic rings. The smallest absolute Gasteiger partial charge is 0.0825 e. The Hall–Kier alpha value is -0.240. The number of fused-ring (bicyclic) bond motifs is 1. The standard InChI is InChI=1S/C9H12BrN/c1-6-2-3-8-7(4-6)5-9(10)11-8/h5-6,11H,2-4H2,1H3. The third-order valence-electron chi connectivity index (χ3n) is 2.41. The number of hydrogen-bond acceptors (Lipinski definition) is 0. The summed E-state index contributed by atoms with van der Waals surface area (Å²) in [6.45, 7) is 2.32. The van der Waals surface area contributed by atoms with Crippen LogP contribution in [-0.4, -0.2) is 4.98 Å². The first-order valence-electron chi connectivity index (χ1n) is 4.12. The zero-order chi connectivity index (χ0) is 7.84. The van der Waals surface area contributed by atoms with E-state index in [4.69, 9.17) is 0 Å². The van der Waals surface area contributed by atoms with Gasteiger partial charge >= 0.3 is 0 Å². The summed E-state index contributed by atoms with van der Waals surface area (Å²) in [7, 11) is 0. The Morgan fingerprint density at radius 3 is 3.27 bits per heavy atom. The zero-order valence-corrected chi connectivity index (χ0v) is 8.24. The summed E-state index contributed by atoms with van der Waals surface area (Å²) >= 11 is 3.46. The van der Waals surface area contributed by atoms with Crippen molar-refractivity contribution in [2.75, 3.05) is 0 Å². The second-order valence-electron chi connectivity index (χ2n) is 3.47. The summed E-state index contributed by atoms with van der Waals surface area (Å²) in [4.78, 5) is 3.33. The van der Waals surface area contributed by atoms with Gasteiger partial charge in [-0.3, -0.25) is 0 Å².